The molecule has 1 aliphatic rings. The van der Waals surface area contributed by atoms with E-state index in [1.165, 1.54) is 19.3 Å². The first kappa shape index (κ1) is 21.1. The number of aryl methyl sites for hydroxylation is 1. The van der Waals surface area contributed by atoms with Crippen molar-refractivity contribution in [2.45, 2.75) is 58.8 Å². The van der Waals surface area contributed by atoms with Crippen LogP contribution in [0.5, 0.6) is 5.75 Å². The molecule has 0 aromatic heterocycles. The fourth-order valence-corrected chi connectivity index (χ4v) is 3.89. The molecule has 0 radical (unpaired) electrons. The number of carbonyl (C=O) groups excluding carboxylic acids is 2. The van der Waals surface area contributed by atoms with Gasteiger partial charge in [-0.1, -0.05) is 43.9 Å². The fraction of sp³-hybridized carbons (Fsp3) is 0.440. The second-order valence-electron chi connectivity index (χ2n) is 8.13. The number of hydrogen-bond donors (Lipinski definition) is 1. The van der Waals surface area contributed by atoms with Gasteiger partial charge in [-0.15, -0.1) is 0 Å². The van der Waals surface area contributed by atoms with Crippen LogP contribution in [0, 0.1) is 18.8 Å². The lowest BCUT2D eigenvalue weighted by Gasteiger charge is -2.27. The summed E-state index contributed by atoms with van der Waals surface area (Å²) in [5, 5.41) is 2.87. The molecule has 1 amide bonds. The molecule has 0 saturated heterocycles. The molecule has 1 aliphatic carbocycles. The van der Waals surface area contributed by atoms with Gasteiger partial charge in [0.15, 0.2) is 0 Å². The molecular formula is C25H31NO3. The van der Waals surface area contributed by atoms with Crippen LogP contribution in [0.4, 0.5) is 5.69 Å². The monoisotopic (exact) mass is 393 g/mol. The Morgan fingerprint density at radius 1 is 0.966 bits per heavy atom. The van der Waals surface area contributed by atoms with Crippen molar-refractivity contribution in [3.05, 3.63) is 59.7 Å². The van der Waals surface area contributed by atoms with E-state index in [0.29, 0.717) is 11.3 Å². The third-order valence-corrected chi connectivity index (χ3v) is 5.79. The number of benzene rings is 2. The van der Waals surface area contributed by atoms with Crippen molar-refractivity contribution in [1.82, 2.24) is 0 Å². The Balaban J connectivity index is 1.49. The maximum Gasteiger partial charge on any atom is 0.314 e. The van der Waals surface area contributed by atoms with Gasteiger partial charge in [-0.25, -0.2) is 0 Å². The molecule has 4 heteroatoms. The minimum atomic E-state index is -0.183. The van der Waals surface area contributed by atoms with Crippen LogP contribution in [-0.2, 0) is 4.79 Å². The molecule has 1 saturated carbocycles. The number of carbonyl (C=O) groups is 2. The van der Waals surface area contributed by atoms with E-state index in [9.17, 15) is 9.59 Å². The molecule has 4 nitrogen and oxygen atoms in total. The van der Waals surface area contributed by atoms with E-state index < -0.39 is 0 Å². The average molecular weight is 394 g/mol. The Hall–Kier alpha value is -2.62. The van der Waals surface area contributed by atoms with Gasteiger partial charge in [0.05, 0.1) is 5.92 Å². The van der Waals surface area contributed by atoms with Gasteiger partial charge in [0.2, 0.25) is 0 Å². The Labute approximate surface area is 173 Å². The molecule has 1 fully saturated rings. The van der Waals surface area contributed by atoms with Gasteiger partial charge >= 0.3 is 5.97 Å². The number of anilines is 1. The molecule has 154 valence electrons. The Morgan fingerprint density at radius 2 is 1.62 bits per heavy atom. The summed E-state index contributed by atoms with van der Waals surface area (Å²) in [6.07, 6.45) is 7.89. The van der Waals surface area contributed by atoms with Crippen molar-refractivity contribution < 1.29 is 14.3 Å². The lowest BCUT2D eigenvalue weighted by molar-refractivity contribution is -0.140. The molecule has 0 heterocycles. The number of ether oxygens (including phenoxy) is 1. The highest BCUT2D eigenvalue weighted by atomic mass is 16.5. The van der Waals surface area contributed by atoms with E-state index in [1.807, 2.05) is 31.2 Å². The standard InChI is InChI=1S/C25H31NO3/c1-3-4-5-19-8-10-21(11-9-19)25(28)29-23-16-12-20(13-17-23)24(27)26-22-14-6-18(2)7-15-22/h6-7,12-17,19,21H,3-5,8-11H2,1-2H3,(H,26,27). The minimum absolute atomic E-state index is 0.00242. The fourth-order valence-electron chi connectivity index (χ4n) is 3.89. The van der Waals surface area contributed by atoms with Crippen molar-refractivity contribution in [2.75, 3.05) is 5.32 Å². The van der Waals surface area contributed by atoms with E-state index >= 15 is 0 Å². The van der Waals surface area contributed by atoms with Gasteiger partial charge in [-0.2, -0.15) is 0 Å². The molecule has 0 spiro atoms. The second-order valence-corrected chi connectivity index (χ2v) is 8.13. The number of unbranched alkanes of at least 4 members (excludes halogenated alkanes) is 1. The predicted molar refractivity (Wildman–Crippen MR) is 116 cm³/mol. The first-order valence-electron chi connectivity index (χ1n) is 10.7. The SMILES string of the molecule is CCCCC1CCC(C(=O)Oc2ccc(C(=O)Nc3ccc(C)cc3)cc2)CC1. The molecule has 0 aliphatic heterocycles. The van der Waals surface area contributed by atoms with E-state index in [1.54, 1.807) is 24.3 Å². The van der Waals surface area contributed by atoms with Gasteiger partial charge in [0.1, 0.15) is 5.75 Å². The summed E-state index contributed by atoms with van der Waals surface area (Å²) in [6, 6.07) is 14.4. The van der Waals surface area contributed by atoms with E-state index in [2.05, 4.69) is 12.2 Å². The Kier molecular flexibility index (Phi) is 7.45. The van der Waals surface area contributed by atoms with Gasteiger partial charge in [-0.05, 0) is 74.9 Å². The first-order valence-corrected chi connectivity index (χ1v) is 10.7. The van der Waals surface area contributed by atoms with Crippen LogP contribution in [0.15, 0.2) is 48.5 Å². The molecule has 1 N–H and O–H groups in total. The third-order valence-electron chi connectivity index (χ3n) is 5.79. The highest BCUT2D eigenvalue weighted by Crippen LogP contribution is 2.32. The van der Waals surface area contributed by atoms with Crippen molar-refractivity contribution >= 4 is 17.6 Å². The number of esters is 1. The summed E-state index contributed by atoms with van der Waals surface area (Å²) in [5.41, 5.74) is 2.43. The summed E-state index contributed by atoms with van der Waals surface area (Å²) in [4.78, 5) is 24.8. The van der Waals surface area contributed by atoms with Crippen molar-refractivity contribution in [3.8, 4) is 5.75 Å². The highest BCUT2D eigenvalue weighted by Gasteiger charge is 2.27. The van der Waals surface area contributed by atoms with Gasteiger partial charge in [0, 0.05) is 11.3 Å². The lowest BCUT2D eigenvalue weighted by atomic mass is 9.80. The molecule has 2 aromatic carbocycles. The van der Waals surface area contributed by atoms with Gasteiger partial charge < -0.3 is 10.1 Å². The summed E-state index contributed by atoms with van der Waals surface area (Å²) in [5.74, 6) is 0.936. The van der Waals surface area contributed by atoms with E-state index in [-0.39, 0.29) is 17.8 Å². The zero-order valence-corrected chi connectivity index (χ0v) is 17.4. The van der Waals surface area contributed by atoms with Crippen molar-refractivity contribution in [3.63, 3.8) is 0 Å². The van der Waals surface area contributed by atoms with Crippen molar-refractivity contribution in [1.29, 1.82) is 0 Å². The van der Waals surface area contributed by atoms with Crippen LogP contribution in [-0.4, -0.2) is 11.9 Å². The largest absolute Gasteiger partial charge is 0.426 e. The van der Waals surface area contributed by atoms with Crippen LogP contribution in [0.25, 0.3) is 0 Å². The van der Waals surface area contributed by atoms with Crippen molar-refractivity contribution in [2.24, 2.45) is 11.8 Å². The minimum Gasteiger partial charge on any atom is -0.426 e. The average Bonchev–Trinajstić information content (AvgIpc) is 2.74. The highest BCUT2D eigenvalue weighted by molar-refractivity contribution is 6.04. The summed E-state index contributed by atoms with van der Waals surface area (Å²) in [7, 11) is 0. The molecule has 0 atom stereocenters. The molecular weight excluding hydrogens is 362 g/mol. The first-order chi connectivity index (χ1) is 14.0. The summed E-state index contributed by atoms with van der Waals surface area (Å²) in [6.45, 7) is 4.23. The van der Waals surface area contributed by atoms with E-state index in [0.717, 1.165) is 42.9 Å². The topological polar surface area (TPSA) is 55.4 Å². The number of nitrogens with one attached hydrogen (secondary N) is 1. The van der Waals surface area contributed by atoms with E-state index in [4.69, 9.17) is 4.74 Å². The normalized spacial score (nSPS) is 18.8. The molecule has 3 rings (SSSR count). The van der Waals surface area contributed by atoms with Gasteiger partial charge in [-0.3, -0.25) is 9.59 Å². The smallest absolute Gasteiger partial charge is 0.314 e. The quantitative estimate of drug-likeness (QED) is 0.453. The van der Waals surface area contributed by atoms with Crippen LogP contribution in [0.2, 0.25) is 0 Å². The molecule has 0 unspecified atom stereocenters. The van der Waals surface area contributed by atoms with Crippen LogP contribution in [0.3, 0.4) is 0 Å². The Morgan fingerprint density at radius 3 is 2.24 bits per heavy atom. The number of hydrogen-bond acceptors (Lipinski definition) is 3. The third kappa shape index (κ3) is 6.18. The Bertz CT molecular complexity index is 803. The zero-order valence-electron chi connectivity index (χ0n) is 17.4. The molecule has 0 bridgehead atoms. The number of rotatable bonds is 7. The zero-order chi connectivity index (χ0) is 20.6. The lowest BCUT2D eigenvalue weighted by Crippen LogP contribution is -2.25. The van der Waals surface area contributed by atoms with Crippen LogP contribution in [0.1, 0.15) is 67.8 Å². The maximum absolute atomic E-state index is 12.5. The predicted octanol–water partition coefficient (Wildman–Crippen LogP) is 6.15. The maximum atomic E-state index is 12.5. The summed E-state index contributed by atoms with van der Waals surface area (Å²) >= 11 is 0. The van der Waals surface area contributed by atoms with Gasteiger partial charge in [0.25, 0.3) is 5.91 Å². The van der Waals surface area contributed by atoms with Crippen LogP contribution < -0.4 is 10.1 Å². The van der Waals surface area contributed by atoms with Crippen LogP contribution >= 0.6 is 0 Å². The summed E-state index contributed by atoms with van der Waals surface area (Å²) < 4.78 is 5.57. The second kappa shape index (κ2) is 10.2. The molecule has 29 heavy (non-hydrogen) atoms. The molecule has 2 aromatic rings. The number of amides is 1.